The molecule has 0 aliphatic rings. The Morgan fingerprint density at radius 2 is 1.52 bits per heavy atom. The van der Waals surface area contributed by atoms with Crippen molar-refractivity contribution in [2.24, 2.45) is 0 Å². The second-order valence-corrected chi connectivity index (χ2v) is 7.51. The van der Waals surface area contributed by atoms with E-state index in [1.54, 1.807) is 7.11 Å². The van der Waals surface area contributed by atoms with Gasteiger partial charge >= 0.3 is 5.97 Å². The number of rotatable bonds is 10. The first kappa shape index (κ1) is 22.4. The van der Waals surface area contributed by atoms with Gasteiger partial charge in [-0.05, 0) is 84.3 Å². The Bertz CT molecular complexity index is 1000. The molecule has 0 amide bonds. The van der Waals surface area contributed by atoms with Crippen molar-refractivity contribution in [3.05, 3.63) is 82.9 Å². The Morgan fingerprint density at radius 1 is 0.839 bits per heavy atom. The van der Waals surface area contributed by atoms with Crippen LogP contribution < -0.4 is 9.47 Å². The van der Waals surface area contributed by atoms with Gasteiger partial charge in [-0.3, -0.25) is 0 Å². The molecule has 3 aromatic carbocycles. The van der Waals surface area contributed by atoms with Gasteiger partial charge in [-0.1, -0.05) is 36.4 Å². The van der Waals surface area contributed by atoms with E-state index in [2.05, 4.69) is 38.1 Å². The van der Waals surface area contributed by atoms with Crippen molar-refractivity contribution in [1.29, 1.82) is 0 Å². The van der Waals surface area contributed by atoms with Gasteiger partial charge in [-0.2, -0.15) is 0 Å². The Morgan fingerprint density at radius 3 is 2.16 bits per heavy atom. The van der Waals surface area contributed by atoms with Crippen LogP contribution in [0.2, 0.25) is 0 Å². The molecule has 31 heavy (non-hydrogen) atoms. The van der Waals surface area contributed by atoms with E-state index in [0.29, 0.717) is 5.75 Å². The fraction of sp³-hybridized carbons (Fsp3) is 0.269. The fourth-order valence-electron chi connectivity index (χ4n) is 3.66. The van der Waals surface area contributed by atoms with Crippen LogP contribution in [0.25, 0.3) is 11.1 Å². The minimum atomic E-state index is -0.980. The molecule has 0 saturated heterocycles. The van der Waals surface area contributed by atoms with E-state index in [1.165, 1.54) is 33.4 Å². The molecule has 0 radical (unpaired) electrons. The molecule has 3 rings (SSSR count). The number of methoxy groups -OCH3 is 1. The lowest BCUT2D eigenvalue weighted by Crippen LogP contribution is -2.09. The molecular weight excluding hydrogens is 392 g/mol. The van der Waals surface area contributed by atoms with Crippen LogP contribution in [-0.2, 0) is 22.4 Å². The average molecular weight is 421 g/mol. The van der Waals surface area contributed by atoms with E-state index in [1.807, 2.05) is 36.4 Å². The summed E-state index contributed by atoms with van der Waals surface area (Å²) in [5.74, 6) is 0.399. The van der Waals surface area contributed by atoms with Crippen molar-refractivity contribution in [2.75, 3.05) is 20.5 Å². The molecule has 0 spiro atoms. The molecule has 0 bridgehead atoms. The Labute approximate surface area is 183 Å². The van der Waals surface area contributed by atoms with Crippen molar-refractivity contribution >= 4 is 5.97 Å². The summed E-state index contributed by atoms with van der Waals surface area (Å²) >= 11 is 0. The minimum absolute atomic E-state index is 0.236. The lowest BCUT2D eigenvalue weighted by atomic mass is 9.93. The summed E-state index contributed by atoms with van der Waals surface area (Å²) in [6.07, 6.45) is 1.81. The second-order valence-electron chi connectivity index (χ2n) is 7.51. The second kappa shape index (κ2) is 10.6. The van der Waals surface area contributed by atoms with Crippen molar-refractivity contribution in [3.63, 3.8) is 0 Å². The van der Waals surface area contributed by atoms with Crippen LogP contribution in [0.15, 0.2) is 60.7 Å². The van der Waals surface area contributed by atoms with Crippen molar-refractivity contribution in [3.8, 4) is 22.6 Å². The summed E-state index contributed by atoms with van der Waals surface area (Å²) in [6.45, 7) is 4.11. The average Bonchev–Trinajstić information content (AvgIpc) is 2.75. The molecule has 0 fully saturated rings. The van der Waals surface area contributed by atoms with Gasteiger partial charge in [0.25, 0.3) is 0 Å². The Balaban J connectivity index is 1.69. The number of benzene rings is 3. The normalized spacial score (nSPS) is 10.7. The first-order chi connectivity index (χ1) is 15.0. The maximum atomic E-state index is 10.6. The highest BCUT2D eigenvalue weighted by Crippen LogP contribution is 2.31. The predicted octanol–water partition coefficient (Wildman–Crippen LogP) is 5.20. The number of carbonyl (C=O) groups is 1. The van der Waals surface area contributed by atoms with Crippen molar-refractivity contribution in [2.45, 2.75) is 26.7 Å². The quantitative estimate of drug-likeness (QED) is 0.457. The van der Waals surface area contributed by atoms with Crippen LogP contribution in [0.4, 0.5) is 0 Å². The fourth-order valence-corrected chi connectivity index (χ4v) is 3.66. The van der Waals surface area contributed by atoms with Gasteiger partial charge in [0, 0.05) is 7.11 Å². The molecule has 0 unspecified atom stereocenters. The summed E-state index contributed by atoms with van der Waals surface area (Å²) in [5.41, 5.74) is 7.21. The van der Waals surface area contributed by atoms with E-state index >= 15 is 0 Å². The molecule has 162 valence electrons. The van der Waals surface area contributed by atoms with Gasteiger partial charge in [-0.25, -0.2) is 4.79 Å². The van der Waals surface area contributed by atoms with Gasteiger partial charge in [0.05, 0.1) is 0 Å². The number of carboxylic acids is 1. The van der Waals surface area contributed by atoms with Crippen LogP contribution in [0.3, 0.4) is 0 Å². The highest BCUT2D eigenvalue weighted by atomic mass is 16.7. The lowest BCUT2D eigenvalue weighted by Gasteiger charge is -2.14. The van der Waals surface area contributed by atoms with Gasteiger partial charge < -0.3 is 19.3 Å². The summed E-state index contributed by atoms with van der Waals surface area (Å²) in [6, 6.07) is 20.3. The topological polar surface area (TPSA) is 65.0 Å². The highest BCUT2D eigenvalue weighted by molar-refractivity contribution is 5.72. The van der Waals surface area contributed by atoms with Crippen molar-refractivity contribution in [1.82, 2.24) is 0 Å². The van der Waals surface area contributed by atoms with E-state index in [0.717, 1.165) is 18.6 Å². The standard InChI is InChI=1S/C26H28O5/c1-18-13-24(31-17-29-3)14-19(2)26(18)22-6-4-5-21(15-22)8-7-20-9-11-23(12-10-20)30-16-25(27)28/h4-6,9-15H,7-8,16-17H2,1-3H3,(H,27,28). The van der Waals surface area contributed by atoms with Gasteiger partial charge in [-0.15, -0.1) is 0 Å². The van der Waals surface area contributed by atoms with Crippen LogP contribution in [-0.4, -0.2) is 31.6 Å². The molecule has 5 heteroatoms. The van der Waals surface area contributed by atoms with Gasteiger partial charge in [0.1, 0.15) is 11.5 Å². The van der Waals surface area contributed by atoms with Crippen LogP contribution in [0.1, 0.15) is 22.3 Å². The Hall–Kier alpha value is -3.31. The Kier molecular flexibility index (Phi) is 7.68. The number of aliphatic carboxylic acids is 1. The summed E-state index contributed by atoms with van der Waals surface area (Å²) < 4.78 is 15.8. The smallest absolute Gasteiger partial charge is 0.341 e. The maximum absolute atomic E-state index is 10.6. The van der Waals surface area contributed by atoms with E-state index in [4.69, 9.17) is 19.3 Å². The molecule has 0 aromatic heterocycles. The number of carboxylic acid groups (broad SMARTS) is 1. The number of ether oxygens (including phenoxy) is 3. The molecule has 1 N–H and O–H groups in total. The number of hydrogen-bond acceptors (Lipinski definition) is 4. The SMILES string of the molecule is COCOc1cc(C)c(-c2cccc(CCc3ccc(OCC(=O)O)cc3)c2)c(C)c1. The van der Waals surface area contributed by atoms with Gasteiger partial charge in [0.15, 0.2) is 13.4 Å². The zero-order valence-corrected chi connectivity index (χ0v) is 18.2. The summed E-state index contributed by atoms with van der Waals surface area (Å²) in [7, 11) is 1.61. The monoisotopic (exact) mass is 420 g/mol. The molecule has 0 aliphatic heterocycles. The molecular formula is C26H28O5. The molecule has 5 nitrogen and oxygen atoms in total. The lowest BCUT2D eigenvalue weighted by molar-refractivity contribution is -0.139. The van der Waals surface area contributed by atoms with E-state index < -0.39 is 5.97 Å². The number of hydrogen-bond donors (Lipinski definition) is 1. The first-order valence-electron chi connectivity index (χ1n) is 10.2. The maximum Gasteiger partial charge on any atom is 0.341 e. The molecule has 0 atom stereocenters. The van der Waals surface area contributed by atoms with Crippen molar-refractivity contribution < 1.29 is 24.1 Å². The summed E-state index contributed by atoms with van der Waals surface area (Å²) in [4.78, 5) is 10.6. The van der Waals surface area contributed by atoms with Crippen LogP contribution >= 0.6 is 0 Å². The van der Waals surface area contributed by atoms with Crippen LogP contribution in [0, 0.1) is 13.8 Å². The third-order valence-corrected chi connectivity index (χ3v) is 5.05. The van der Waals surface area contributed by atoms with Crippen LogP contribution in [0.5, 0.6) is 11.5 Å². The zero-order valence-electron chi connectivity index (χ0n) is 18.2. The molecule has 0 saturated carbocycles. The number of aryl methyl sites for hydroxylation is 4. The molecule has 3 aromatic rings. The highest BCUT2D eigenvalue weighted by Gasteiger charge is 2.09. The minimum Gasteiger partial charge on any atom is -0.482 e. The van der Waals surface area contributed by atoms with E-state index in [-0.39, 0.29) is 13.4 Å². The van der Waals surface area contributed by atoms with E-state index in [9.17, 15) is 4.79 Å². The summed E-state index contributed by atoms with van der Waals surface area (Å²) in [5, 5.41) is 8.69. The third kappa shape index (κ3) is 6.33. The largest absolute Gasteiger partial charge is 0.482 e. The predicted molar refractivity (Wildman–Crippen MR) is 121 cm³/mol. The molecule has 0 heterocycles. The zero-order chi connectivity index (χ0) is 22.2. The first-order valence-corrected chi connectivity index (χ1v) is 10.2. The third-order valence-electron chi connectivity index (χ3n) is 5.05. The van der Waals surface area contributed by atoms with Gasteiger partial charge in [0.2, 0.25) is 0 Å². The molecule has 0 aliphatic carbocycles.